The molecule has 2 nitrogen and oxygen atoms in total. The third kappa shape index (κ3) is 1.61. The maximum atomic E-state index is 5.69. The normalized spacial score (nSPS) is 20.7. The van der Waals surface area contributed by atoms with Gasteiger partial charge in [-0.2, -0.15) is 0 Å². The summed E-state index contributed by atoms with van der Waals surface area (Å²) in [6.07, 6.45) is 4.21. The van der Waals surface area contributed by atoms with E-state index in [2.05, 4.69) is 24.4 Å². The van der Waals surface area contributed by atoms with Crippen LogP contribution in [0, 0.1) is 0 Å². The van der Waals surface area contributed by atoms with Crippen molar-refractivity contribution >= 4 is 0 Å². The first-order valence-electron chi connectivity index (χ1n) is 3.58. The van der Waals surface area contributed by atoms with Crippen molar-refractivity contribution in [2.24, 2.45) is 5.73 Å². The van der Waals surface area contributed by atoms with E-state index in [-0.39, 0.29) is 6.04 Å². The lowest BCUT2D eigenvalue weighted by atomic mass is 10.1. The van der Waals surface area contributed by atoms with E-state index in [1.165, 1.54) is 11.3 Å². The van der Waals surface area contributed by atoms with E-state index in [0.29, 0.717) is 0 Å². The lowest BCUT2D eigenvalue weighted by Gasteiger charge is -2.15. The number of allylic oxidation sites excluding steroid dienone is 1. The molecule has 56 valence electrons. The van der Waals surface area contributed by atoms with Crippen LogP contribution in [0.3, 0.4) is 0 Å². The largest absolute Gasteiger partial charge is 0.385 e. The Morgan fingerprint density at radius 1 is 1.70 bits per heavy atom. The number of nitrogens with two attached hydrogens (primary N) is 1. The zero-order chi connectivity index (χ0) is 7.56. The molecule has 1 aliphatic heterocycles. The highest BCUT2D eigenvalue weighted by atomic mass is 14.9. The standard InChI is InChI=1S/C8H14N2/c1-6-5-8(7(2)9)3-4-10-6/h3,5,7,10H,4,9H2,1-2H3. The number of hydrogen-bond donors (Lipinski definition) is 2. The molecule has 0 aromatic heterocycles. The summed E-state index contributed by atoms with van der Waals surface area (Å²) in [5.41, 5.74) is 8.12. The molecule has 3 N–H and O–H groups in total. The van der Waals surface area contributed by atoms with Gasteiger partial charge in [-0.3, -0.25) is 0 Å². The fraction of sp³-hybridized carbons (Fsp3) is 0.500. The first kappa shape index (κ1) is 7.35. The summed E-state index contributed by atoms with van der Waals surface area (Å²) in [6, 6.07) is 0.164. The SMILES string of the molecule is CC1=CC(C(C)N)=CCN1. The van der Waals surface area contributed by atoms with Crippen LogP contribution in [0.25, 0.3) is 0 Å². The van der Waals surface area contributed by atoms with Gasteiger partial charge in [-0.1, -0.05) is 6.08 Å². The Morgan fingerprint density at radius 3 is 2.80 bits per heavy atom. The highest BCUT2D eigenvalue weighted by Gasteiger charge is 2.03. The van der Waals surface area contributed by atoms with Crippen LogP contribution in [-0.4, -0.2) is 12.6 Å². The minimum atomic E-state index is 0.164. The Labute approximate surface area is 61.8 Å². The molecule has 1 unspecified atom stereocenters. The fourth-order valence-corrected chi connectivity index (χ4v) is 1.01. The quantitative estimate of drug-likeness (QED) is 0.561. The summed E-state index contributed by atoms with van der Waals surface area (Å²) >= 11 is 0. The minimum Gasteiger partial charge on any atom is -0.385 e. The Kier molecular flexibility index (Phi) is 2.12. The molecule has 1 rings (SSSR count). The molecule has 0 bridgehead atoms. The first-order valence-corrected chi connectivity index (χ1v) is 3.58. The number of dihydropyridines is 1. The topological polar surface area (TPSA) is 38.0 Å². The molecular weight excluding hydrogens is 124 g/mol. The van der Waals surface area contributed by atoms with Crippen LogP contribution in [-0.2, 0) is 0 Å². The highest BCUT2D eigenvalue weighted by Crippen LogP contribution is 2.07. The van der Waals surface area contributed by atoms with Gasteiger partial charge < -0.3 is 11.1 Å². The predicted octanol–water partition coefficient (Wildman–Crippen LogP) is 0.767. The van der Waals surface area contributed by atoms with Crippen LogP contribution < -0.4 is 11.1 Å². The first-order chi connectivity index (χ1) is 4.70. The monoisotopic (exact) mass is 138 g/mol. The molecule has 0 amide bonds. The summed E-state index contributed by atoms with van der Waals surface area (Å²) in [7, 11) is 0. The van der Waals surface area contributed by atoms with E-state index in [1.807, 2.05) is 6.92 Å². The molecule has 0 aromatic carbocycles. The van der Waals surface area contributed by atoms with E-state index < -0.39 is 0 Å². The Bertz CT molecular complexity index is 178. The second kappa shape index (κ2) is 2.88. The molecule has 0 spiro atoms. The van der Waals surface area contributed by atoms with Crippen LogP contribution in [0.4, 0.5) is 0 Å². The van der Waals surface area contributed by atoms with Gasteiger partial charge in [-0.25, -0.2) is 0 Å². The van der Waals surface area contributed by atoms with Gasteiger partial charge in [0.25, 0.3) is 0 Å². The van der Waals surface area contributed by atoms with Gasteiger partial charge >= 0.3 is 0 Å². The van der Waals surface area contributed by atoms with Gasteiger partial charge in [0.05, 0.1) is 0 Å². The lowest BCUT2D eigenvalue weighted by molar-refractivity contribution is 0.818. The number of rotatable bonds is 1. The lowest BCUT2D eigenvalue weighted by Crippen LogP contribution is -2.23. The summed E-state index contributed by atoms with van der Waals surface area (Å²) in [5.74, 6) is 0. The third-order valence-electron chi connectivity index (χ3n) is 1.63. The van der Waals surface area contributed by atoms with Crippen molar-refractivity contribution < 1.29 is 0 Å². The second-order valence-corrected chi connectivity index (χ2v) is 2.70. The van der Waals surface area contributed by atoms with Crippen LogP contribution in [0.5, 0.6) is 0 Å². The molecule has 1 atom stereocenters. The van der Waals surface area contributed by atoms with Gasteiger partial charge in [0.15, 0.2) is 0 Å². The minimum absolute atomic E-state index is 0.164. The van der Waals surface area contributed by atoms with Crippen molar-refractivity contribution in [3.8, 4) is 0 Å². The summed E-state index contributed by atoms with van der Waals surface area (Å²) in [6.45, 7) is 4.97. The van der Waals surface area contributed by atoms with Crippen LogP contribution in [0.2, 0.25) is 0 Å². The van der Waals surface area contributed by atoms with Gasteiger partial charge in [-0.15, -0.1) is 0 Å². The molecule has 1 heterocycles. The molecule has 0 radical (unpaired) electrons. The van der Waals surface area contributed by atoms with Crippen molar-refractivity contribution in [2.75, 3.05) is 6.54 Å². The van der Waals surface area contributed by atoms with E-state index in [4.69, 9.17) is 5.73 Å². The predicted molar refractivity (Wildman–Crippen MR) is 43.5 cm³/mol. The molecule has 1 aliphatic rings. The molecule has 0 saturated carbocycles. The van der Waals surface area contributed by atoms with Crippen molar-refractivity contribution in [2.45, 2.75) is 19.9 Å². The van der Waals surface area contributed by atoms with Crippen LogP contribution in [0.1, 0.15) is 13.8 Å². The van der Waals surface area contributed by atoms with Crippen LogP contribution >= 0.6 is 0 Å². The van der Waals surface area contributed by atoms with Crippen molar-refractivity contribution in [1.82, 2.24) is 5.32 Å². The highest BCUT2D eigenvalue weighted by molar-refractivity contribution is 5.29. The average Bonchev–Trinajstić information content (AvgIpc) is 1.88. The van der Waals surface area contributed by atoms with E-state index in [1.54, 1.807) is 0 Å². The second-order valence-electron chi connectivity index (χ2n) is 2.70. The van der Waals surface area contributed by atoms with Crippen molar-refractivity contribution in [3.05, 3.63) is 23.4 Å². The van der Waals surface area contributed by atoms with E-state index >= 15 is 0 Å². The Morgan fingerprint density at radius 2 is 2.40 bits per heavy atom. The van der Waals surface area contributed by atoms with E-state index in [0.717, 1.165) is 6.54 Å². The molecule has 10 heavy (non-hydrogen) atoms. The summed E-state index contributed by atoms with van der Waals surface area (Å²) < 4.78 is 0. The smallest absolute Gasteiger partial charge is 0.0333 e. The zero-order valence-electron chi connectivity index (χ0n) is 6.52. The Balaban J connectivity index is 2.69. The molecule has 0 fully saturated rings. The molecule has 0 aromatic rings. The summed E-state index contributed by atoms with van der Waals surface area (Å²) in [5, 5.41) is 3.20. The maximum Gasteiger partial charge on any atom is 0.0333 e. The summed E-state index contributed by atoms with van der Waals surface area (Å²) in [4.78, 5) is 0. The number of nitrogens with one attached hydrogen (secondary N) is 1. The van der Waals surface area contributed by atoms with Crippen LogP contribution in [0.15, 0.2) is 23.4 Å². The van der Waals surface area contributed by atoms with Gasteiger partial charge in [0.2, 0.25) is 0 Å². The van der Waals surface area contributed by atoms with Crippen molar-refractivity contribution in [3.63, 3.8) is 0 Å². The average molecular weight is 138 g/mol. The molecular formula is C8H14N2. The zero-order valence-corrected chi connectivity index (χ0v) is 6.52. The van der Waals surface area contributed by atoms with Gasteiger partial charge in [0.1, 0.15) is 0 Å². The fourth-order valence-electron chi connectivity index (χ4n) is 1.01. The molecule has 2 heteroatoms. The van der Waals surface area contributed by atoms with E-state index in [9.17, 15) is 0 Å². The van der Waals surface area contributed by atoms with Gasteiger partial charge in [-0.05, 0) is 25.5 Å². The molecule has 0 saturated heterocycles. The molecule has 0 aliphatic carbocycles. The van der Waals surface area contributed by atoms with Crippen molar-refractivity contribution in [1.29, 1.82) is 0 Å². The maximum absolute atomic E-state index is 5.69. The van der Waals surface area contributed by atoms with Gasteiger partial charge in [0, 0.05) is 18.3 Å². The third-order valence-corrected chi connectivity index (χ3v) is 1.63. The Hall–Kier alpha value is -0.760. The number of hydrogen-bond acceptors (Lipinski definition) is 2.